The molecule has 0 spiro atoms. The van der Waals surface area contributed by atoms with E-state index in [1.54, 1.807) is 0 Å². The largest absolute Gasteiger partial charge is 0.317 e. The van der Waals surface area contributed by atoms with Gasteiger partial charge in [-0.05, 0) is 60.7 Å². The second-order valence-corrected chi connectivity index (χ2v) is 5.98. The first-order chi connectivity index (χ1) is 10.3. The normalized spacial score (nSPS) is 16.9. The Morgan fingerprint density at radius 1 is 0.952 bits per heavy atom. The summed E-state index contributed by atoms with van der Waals surface area (Å²) in [6, 6.07) is 18.8. The van der Waals surface area contributed by atoms with Crippen LogP contribution < -0.4 is 5.32 Å². The summed E-state index contributed by atoms with van der Waals surface area (Å²) in [5.74, 6) is 0.629. The number of benzene rings is 2. The summed E-state index contributed by atoms with van der Waals surface area (Å²) in [4.78, 5) is 0. The van der Waals surface area contributed by atoms with Crippen LogP contribution in [0.1, 0.15) is 24.0 Å². The molecule has 1 aliphatic heterocycles. The molecule has 0 bridgehead atoms. The standard InChI is InChI=1S/C19H20ClN/c20-18-8-6-15(7-9-18)14-19(16-4-2-1-3-5-16)17-10-12-21-13-11-17/h1-9,14,17,21H,10-13H2. The van der Waals surface area contributed by atoms with Crippen molar-refractivity contribution in [1.82, 2.24) is 5.32 Å². The molecule has 0 unspecified atom stereocenters. The predicted molar refractivity (Wildman–Crippen MR) is 91.4 cm³/mol. The molecule has 1 saturated heterocycles. The zero-order chi connectivity index (χ0) is 14.5. The topological polar surface area (TPSA) is 12.0 Å². The molecule has 1 N–H and O–H groups in total. The zero-order valence-corrected chi connectivity index (χ0v) is 12.8. The van der Waals surface area contributed by atoms with Crippen LogP contribution in [0.3, 0.4) is 0 Å². The van der Waals surface area contributed by atoms with E-state index in [2.05, 4.69) is 53.9 Å². The van der Waals surface area contributed by atoms with Crippen LogP contribution >= 0.6 is 11.6 Å². The molecule has 0 atom stereocenters. The van der Waals surface area contributed by atoms with Gasteiger partial charge in [0.2, 0.25) is 0 Å². The summed E-state index contributed by atoms with van der Waals surface area (Å²) in [6.07, 6.45) is 4.73. The van der Waals surface area contributed by atoms with Gasteiger partial charge >= 0.3 is 0 Å². The maximum Gasteiger partial charge on any atom is 0.0406 e. The fourth-order valence-corrected chi connectivity index (χ4v) is 3.06. The molecule has 0 aliphatic carbocycles. The van der Waals surface area contributed by atoms with Crippen molar-refractivity contribution in [2.75, 3.05) is 13.1 Å². The highest BCUT2D eigenvalue weighted by Crippen LogP contribution is 2.32. The number of rotatable bonds is 3. The predicted octanol–water partition coefficient (Wildman–Crippen LogP) is 4.88. The van der Waals surface area contributed by atoms with Crippen LogP contribution in [-0.2, 0) is 0 Å². The van der Waals surface area contributed by atoms with Gasteiger partial charge in [0.1, 0.15) is 0 Å². The van der Waals surface area contributed by atoms with Crippen LogP contribution in [0, 0.1) is 5.92 Å². The van der Waals surface area contributed by atoms with Crippen LogP contribution in [0.5, 0.6) is 0 Å². The highest BCUT2D eigenvalue weighted by molar-refractivity contribution is 6.30. The summed E-state index contributed by atoms with van der Waals surface area (Å²) >= 11 is 5.98. The molecule has 2 aromatic rings. The van der Waals surface area contributed by atoms with E-state index < -0.39 is 0 Å². The van der Waals surface area contributed by atoms with Gasteiger partial charge in [0.15, 0.2) is 0 Å². The Hall–Kier alpha value is -1.57. The van der Waals surface area contributed by atoms with E-state index >= 15 is 0 Å². The molecule has 2 heteroatoms. The third kappa shape index (κ3) is 3.75. The summed E-state index contributed by atoms with van der Waals surface area (Å²) < 4.78 is 0. The van der Waals surface area contributed by atoms with Gasteiger partial charge in [0, 0.05) is 5.02 Å². The number of nitrogens with one attached hydrogen (secondary N) is 1. The monoisotopic (exact) mass is 297 g/mol. The van der Waals surface area contributed by atoms with Gasteiger partial charge in [-0.2, -0.15) is 0 Å². The number of piperidine rings is 1. The minimum atomic E-state index is 0.629. The molecule has 21 heavy (non-hydrogen) atoms. The average molecular weight is 298 g/mol. The number of hydrogen-bond donors (Lipinski definition) is 1. The first-order valence-corrected chi connectivity index (χ1v) is 7.94. The highest BCUT2D eigenvalue weighted by atomic mass is 35.5. The lowest BCUT2D eigenvalue weighted by atomic mass is 9.84. The Balaban J connectivity index is 1.96. The molecular weight excluding hydrogens is 278 g/mol. The minimum absolute atomic E-state index is 0.629. The molecular formula is C19H20ClN. The van der Waals surface area contributed by atoms with Crippen molar-refractivity contribution < 1.29 is 0 Å². The molecule has 0 aromatic heterocycles. The third-order valence-electron chi connectivity index (χ3n) is 4.08. The first kappa shape index (κ1) is 14.4. The van der Waals surface area contributed by atoms with E-state index in [1.165, 1.54) is 29.5 Å². The molecule has 3 rings (SSSR count). The van der Waals surface area contributed by atoms with E-state index in [0.717, 1.165) is 18.1 Å². The molecule has 2 aromatic carbocycles. The van der Waals surface area contributed by atoms with Gasteiger partial charge < -0.3 is 5.32 Å². The Bertz CT molecular complexity index is 595. The van der Waals surface area contributed by atoms with E-state index in [4.69, 9.17) is 11.6 Å². The van der Waals surface area contributed by atoms with Crippen molar-refractivity contribution >= 4 is 23.3 Å². The quantitative estimate of drug-likeness (QED) is 0.796. The molecule has 108 valence electrons. The smallest absolute Gasteiger partial charge is 0.0406 e. The summed E-state index contributed by atoms with van der Waals surface area (Å²) in [7, 11) is 0. The fraction of sp³-hybridized carbons (Fsp3) is 0.263. The Morgan fingerprint density at radius 3 is 2.29 bits per heavy atom. The van der Waals surface area contributed by atoms with Gasteiger partial charge in [0.25, 0.3) is 0 Å². The Labute approximate surface area is 131 Å². The Kier molecular flexibility index (Phi) is 4.74. The molecule has 0 radical (unpaired) electrons. The van der Waals surface area contributed by atoms with E-state index in [-0.39, 0.29) is 0 Å². The zero-order valence-electron chi connectivity index (χ0n) is 12.1. The van der Waals surface area contributed by atoms with Gasteiger partial charge in [-0.1, -0.05) is 60.1 Å². The molecule has 0 amide bonds. The van der Waals surface area contributed by atoms with E-state index in [9.17, 15) is 0 Å². The van der Waals surface area contributed by atoms with Gasteiger partial charge in [0.05, 0.1) is 0 Å². The van der Waals surface area contributed by atoms with E-state index in [0.29, 0.717) is 5.92 Å². The van der Waals surface area contributed by atoms with Crippen molar-refractivity contribution in [3.8, 4) is 0 Å². The summed E-state index contributed by atoms with van der Waals surface area (Å²) in [6.45, 7) is 2.21. The maximum absolute atomic E-state index is 5.98. The summed E-state index contributed by atoms with van der Waals surface area (Å²) in [5, 5.41) is 4.24. The van der Waals surface area contributed by atoms with Gasteiger partial charge in [-0.15, -0.1) is 0 Å². The van der Waals surface area contributed by atoms with Crippen LogP contribution in [0.4, 0.5) is 0 Å². The highest BCUT2D eigenvalue weighted by Gasteiger charge is 2.18. The van der Waals surface area contributed by atoms with Crippen molar-refractivity contribution in [3.63, 3.8) is 0 Å². The van der Waals surface area contributed by atoms with Gasteiger partial charge in [-0.25, -0.2) is 0 Å². The average Bonchev–Trinajstić information content (AvgIpc) is 2.56. The van der Waals surface area contributed by atoms with Crippen molar-refractivity contribution in [2.24, 2.45) is 5.92 Å². The lowest BCUT2D eigenvalue weighted by molar-refractivity contribution is 0.447. The van der Waals surface area contributed by atoms with Crippen molar-refractivity contribution in [1.29, 1.82) is 0 Å². The maximum atomic E-state index is 5.98. The van der Waals surface area contributed by atoms with E-state index in [1.807, 2.05) is 12.1 Å². The van der Waals surface area contributed by atoms with Crippen molar-refractivity contribution in [2.45, 2.75) is 12.8 Å². The molecule has 0 saturated carbocycles. The Morgan fingerprint density at radius 2 is 1.62 bits per heavy atom. The lowest BCUT2D eigenvalue weighted by Crippen LogP contribution is -2.28. The third-order valence-corrected chi connectivity index (χ3v) is 4.33. The van der Waals surface area contributed by atoms with Crippen molar-refractivity contribution in [3.05, 3.63) is 70.7 Å². The minimum Gasteiger partial charge on any atom is -0.317 e. The second kappa shape index (κ2) is 6.93. The van der Waals surface area contributed by atoms with Gasteiger partial charge in [-0.3, -0.25) is 0 Å². The SMILES string of the molecule is Clc1ccc(C=C(c2ccccc2)C2CCNCC2)cc1. The molecule has 1 heterocycles. The first-order valence-electron chi connectivity index (χ1n) is 7.56. The number of allylic oxidation sites excluding steroid dienone is 1. The lowest BCUT2D eigenvalue weighted by Gasteiger charge is -2.26. The second-order valence-electron chi connectivity index (χ2n) is 5.54. The summed E-state index contributed by atoms with van der Waals surface area (Å²) in [5.41, 5.74) is 4.00. The van der Waals surface area contributed by atoms with Crippen LogP contribution in [0.2, 0.25) is 5.02 Å². The number of halogens is 1. The molecule has 1 fully saturated rings. The van der Waals surface area contributed by atoms with Crippen LogP contribution in [0.15, 0.2) is 54.6 Å². The fourth-order valence-electron chi connectivity index (χ4n) is 2.94. The van der Waals surface area contributed by atoms with Crippen LogP contribution in [-0.4, -0.2) is 13.1 Å². The number of hydrogen-bond acceptors (Lipinski definition) is 1. The molecule has 1 aliphatic rings. The van der Waals surface area contributed by atoms with Crippen LogP contribution in [0.25, 0.3) is 11.6 Å². The molecule has 1 nitrogen and oxygen atoms in total.